The molecule has 1 radical (unpaired) electrons. The molecular formula is C7H10N. The molecule has 0 amide bonds. The van der Waals surface area contributed by atoms with Gasteiger partial charge in [0.2, 0.25) is 0 Å². The van der Waals surface area contributed by atoms with E-state index in [1.54, 1.807) is 0 Å². The fourth-order valence-electron chi connectivity index (χ4n) is 0.771. The second-order valence-corrected chi connectivity index (χ2v) is 2.13. The quantitative estimate of drug-likeness (QED) is 0.492. The van der Waals surface area contributed by atoms with Gasteiger partial charge < -0.3 is 5.32 Å². The summed E-state index contributed by atoms with van der Waals surface area (Å²) >= 11 is 0. The van der Waals surface area contributed by atoms with E-state index in [-0.39, 0.29) is 0 Å². The van der Waals surface area contributed by atoms with E-state index in [0.717, 1.165) is 0 Å². The van der Waals surface area contributed by atoms with Gasteiger partial charge >= 0.3 is 0 Å². The van der Waals surface area contributed by atoms with Crippen molar-refractivity contribution in [1.82, 2.24) is 5.32 Å². The standard InChI is InChI=1S/C7H10N/c1-6-3-4-8-7(2)5-6/h3,5,7-8H,1-2H3. The zero-order valence-electron chi connectivity index (χ0n) is 5.23. The summed E-state index contributed by atoms with van der Waals surface area (Å²) in [7, 11) is 0. The number of allylic oxidation sites excluding steroid dienone is 2. The summed E-state index contributed by atoms with van der Waals surface area (Å²) in [5.74, 6) is 0. The van der Waals surface area contributed by atoms with Crippen molar-refractivity contribution < 1.29 is 0 Å². The van der Waals surface area contributed by atoms with Crippen LogP contribution in [-0.4, -0.2) is 6.04 Å². The summed E-state index contributed by atoms with van der Waals surface area (Å²) in [5, 5.41) is 3.03. The van der Waals surface area contributed by atoms with Crippen LogP contribution >= 0.6 is 0 Å². The third kappa shape index (κ3) is 1.12. The Morgan fingerprint density at radius 1 is 1.75 bits per heavy atom. The van der Waals surface area contributed by atoms with E-state index >= 15 is 0 Å². The summed E-state index contributed by atoms with van der Waals surface area (Å²) < 4.78 is 0. The van der Waals surface area contributed by atoms with Crippen LogP contribution in [0.15, 0.2) is 17.7 Å². The monoisotopic (exact) mass is 108 g/mol. The van der Waals surface area contributed by atoms with E-state index in [1.807, 2.05) is 6.08 Å². The summed E-state index contributed by atoms with van der Waals surface area (Å²) in [5.41, 5.74) is 1.29. The van der Waals surface area contributed by atoms with Crippen LogP contribution in [0.2, 0.25) is 0 Å². The SMILES string of the molecule is CC1=CC(C)N[C]=C1. The highest BCUT2D eigenvalue weighted by Crippen LogP contribution is 2.00. The zero-order valence-corrected chi connectivity index (χ0v) is 5.23. The fourth-order valence-corrected chi connectivity index (χ4v) is 0.771. The van der Waals surface area contributed by atoms with Crippen LogP contribution in [0.4, 0.5) is 0 Å². The van der Waals surface area contributed by atoms with Crippen LogP contribution in [-0.2, 0) is 0 Å². The largest absolute Gasteiger partial charge is 0.377 e. The van der Waals surface area contributed by atoms with Gasteiger partial charge in [0.1, 0.15) is 0 Å². The molecule has 0 aliphatic carbocycles. The van der Waals surface area contributed by atoms with Crippen LogP contribution in [0.5, 0.6) is 0 Å². The Bertz CT molecular complexity index is 133. The van der Waals surface area contributed by atoms with E-state index in [1.165, 1.54) is 5.57 Å². The fraction of sp³-hybridized carbons (Fsp3) is 0.429. The maximum absolute atomic E-state index is 3.03. The Morgan fingerprint density at radius 2 is 2.50 bits per heavy atom. The van der Waals surface area contributed by atoms with Crippen LogP contribution in [0.25, 0.3) is 0 Å². The first-order valence-corrected chi connectivity index (χ1v) is 2.82. The third-order valence-electron chi connectivity index (χ3n) is 1.12. The molecule has 0 aromatic carbocycles. The molecule has 1 heterocycles. The van der Waals surface area contributed by atoms with E-state index < -0.39 is 0 Å². The van der Waals surface area contributed by atoms with Crippen molar-refractivity contribution in [3.8, 4) is 0 Å². The van der Waals surface area contributed by atoms with Gasteiger partial charge in [0.15, 0.2) is 0 Å². The maximum atomic E-state index is 3.03. The molecule has 1 aliphatic rings. The summed E-state index contributed by atoms with van der Waals surface area (Å²) in [6.45, 7) is 4.17. The van der Waals surface area contributed by atoms with Gasteiger partial charge in [-0.2, -0.15) is 0 Å². The number of dihydropyridines is 1. The molecule has 1 nitrogen and oxygen atoms in total. The van der Waals surface area contributed by atoms with Gasteiger partial charge in [-0.3, -0.25) is 0 Å². The maximum Gasteiger partial charge on any atom is 0.0583 e. The molecule has 0 fully saturated rings. The topological polar surface area (TPSA) is 12.0 Å². The van der Waals surface area contributed by atoms with E-state index in [4.69, 9.17) is 0 Å². The lowest BCUT2D eigenvalue weighted by Gasteiger charge is -2.10. The van der Waals surface area contributed by atoms with Gasteiger partial charge in [-0.15, -0.1) is 0 Å². The van der Waals surface area contributed by atoms with Gasteiger partial charge in [0.05, 0.1) is 6.20 Å². The first-order chi connectivity index (χ1) is 3.79. The smallest absolute Gasteiger partial charge is 0.0583 e. The Morgan fingerprint density at radius 3 is 2.88 bits per heavy atom. The molecule has 0 aromatic heterocycles. The minimum absolute atomic E-state index is 0.458. The Labute approximate surface area is 50.1 Å². The van der Waals surface area contributed by atoms with Crippen molar-refractivity contribution in [1.29, 1.82) is 0 Å². The Hall–Kier alpha value is -0.720. The molecule has 0 spiro atoms. The second-order valence-electron chi connectivity index (χ2n) is 2.13. The highest BCUT2D eigenvalue weighted by molar-refractivity contribution is 5.19. The first-order valence-electron chi connectivity index (χ1n) is 2.82. The highest BCUT2D eigenvalue weighted by atomic mass is 14.9. The van der Waals surface area contributed by atoms with Crippen molar-refractivity contribution in [3.05, 3.63) is 23.9 Å². The van der Waals surface area contributed by atoms with Crippen LogP contribution in [0.1, 0.15) is 13.8 Å². The second kappa shape index (κ2) is 2.03. The first kappa shape index (κ1) is 5.42. The lowest BCUT2D eigenvalue weighted by molar-refractivity contribution is 0.735. The lowest BCUT2D eigenvalue weighted by atomic mass is 10.1. The molecule has 43 valence electrons. The Kier molecular flexibility index (Phi) is 1.38. The molecule has 0 saturated heterocycles. The molecule has 1 unspecified atom stereocenters. The molecule has 1 atom stereocenters. The molecule has 0 bridgehead atoms. The molecular weight excluding hydrogens is 98.1 g/mol. The van der Waals surface area contributed by atoms with Crippen molar-refractivity contribution in [2.75, 3.05) is 0 Å². The highest BCUT2D eigenvalue weighted by Gasteiger charge is 1.96. The average Bonchev–Trinajstić information content (AvgIpc) is 1.64. The van der Waals surface area contributed by atoms with Crippen molar-refractivity contribution >= 4 is 0 Å². The van der Waals surface area contributed by atoms with E-state index in [9.17, 15) is 0 Å². The zero-order chi connectivity index (χ0) is 5.98. The van der Waals surface area contributed by atoms with E-state index in [0.29, 0.717) is 6.04 Å². The summed E-state index contributed by atoms with van der Waals surface area (Å²) in [6, 6.07) is 0.458. The van der Waals surface area contributed by atoms with Crippen molar-refractivity contribution in [2.45, 2.75) is 19.9 Å². The number of nitrogens with one attached hydrogen (secondary N) is 1. The Balaban J connectivity index is 2.63. The van der Waals surface area contributed by atoms with E-state index in [2.05, 4.69) is 31.4 Å². The predicted octanol–water partition coefficient (Wildman–Crippen LogP) is 1.24. The number of rotatable bonds is 0. The third-order valence-corrected chi connectivity index (χ3v) is 1.12. The number of hydrogen-bond acceptors (Lipinski definition) is 1. The predicted molar refractivity (Wildman–Crippen MR) is 34.2 cm³/mol. The van der Waals surface area contributed by atoms with Gasteiger partial charge in [-0.1, -0.05) is 11.6 Å². The molecule has 1 rings (SSSR count). The molecule has 1 N–H and O–H groups in total. The van der Waals surface area contributed by atoms with Gasteiger partial charge in [0, 0.05) is 6.04 Å². The molecule has 1 aliphatic heterocycles. The van der Waals surface area contributed by atoms with Gasteiger partial charge in [0.25, 0.3) is 0 Å². The normalized spacial score (nSPS) is 26.8. The minimum Gasteiger partial charge on any atom is -0.377 e. The summed E-state index contributed by atoms with van der Waals surface area (Å²) in [4.78, 5) is 0. The molecule has 1 heteroatoms. The lowest BCUT2D eigenvalue weighted by Crippen LogP contribution is -2.20. The number of hydrogen-bond donors (Lipinski definition) is 1. The summed E-state index contributed by atoms with van der Waals surface area (Å²) in [6.07, 6.45) is 7.05. The molecule has 0 saturated carbocycles. The van der Waals surface area contributed by atoms with Crippen molar-refractivity contribution in [3.63, 3.8) is 0 Å². The van der Waals surface area contributed by atoms with Crippen LogP contribution < -0.4 is 5.32 Å². The minimum atomic E-state index is 0.458. The molecule has 8 heavy (non-hydrogen) atoms. The van der Waals surface area contributed by atoms with Crippen LogP contribution in [0, 0.1) is 6.20 Å². The van der Waals surface area contributed by atoms with Gasteiger partial charge in [-0.25, -0.2) is 0 Å². The van der Waals surface area contributed by atoms with Gasteiger partial charge in [-0.05, 0) is 19.9 Å². The molecule has 0 aromatic rings. The average molecular weight is 108 g/mol. The van der Waals surface area contributed by atoms with Crippen molar-refractivity contribution in [2.24, 2.45) is 0 Å². The van der Waals surface area contributed by atoms with Crippen LogP contribution in [0.3, 0.4) is 0 Å².